The SMILES string of the molecule is CCN(CC)CCN(C)c1cc(=S)c1=O. The van der Waals surface area contributed by atoms with Crippen LogP contribution in [-0.2, 0) is 0 Å². The third-order valence-electron chi connectivity index (χ3n) is 2.78. The summed E-state index contributed by atoms with van der Waals surface area (Å²) in [5.41, 5.74) is 0.777. The lowest BCUT2D eigenvalue weighted by Gasteiger charge is -2.24. The smallest absolute Gasteiger partial charge is 0.219 e. The Morgan fingerprint density at radius 3 is 2.27 bits per heavy atom. The number of likely N-dealkylation sites (N-methyl/N-ethyl adjacent to an activating group) is 2. The van der Waals surface area contributed by atoms with Crippen molar-refractivity contribution in [2.75, 3.05) is 38.1 Å². The molecule has 4 heteroatoms. The van der Waals surface area contributed by atoms with Crippen LogP contribution in [0.1, 0.15) is 13.8 Å². The summed E-state index contributed by atoms with van der Waals surface area (Å²) in [6.45, 7) is 8.26. The quantitative estimate of drug-likeness (QED) is 0.685. The lowest BCUT2D eigenvalue weighted by molar-refractivity contribution is 0.311. The Morgan fingerprint density at radius 1 is 1.27 bits per heavy atom. The summed E-state index contributed by atoms with van der Waals surface area (Å²) in [7, 11) is 1.94. The van der Waals surface area contributed by atoms with Gasteiger partial charge in [0.1, 0.15) is 0 Å². The number of hydrogen-bond acceptors (Lipinski definition) is 4. The zero-order chi connectivity index (χ0) is 11.4. The van der Waals surface area contributed by atoms with Gasteiger partial charge in [0.2, 0.25) is 5.43 Å². The minimum atomic E-state index is 0.0204. The van der Waals surface area contributed by atoms with Crippen LogP contribution in [-0.4, -0.2) is 38.1 Å². The molecule has 0 amide bonds. The van der Waals surface area contributed by atoms with Crippen molar-refractivity contribution in [3.63, 3.8) is 0 Å². The van der Waals surface area contributed by atoms with Crippen molar-refractivity contribution in [3.05, 3.63) is 20.8 Å². The topological polar surface area (TPSA) is 23.6 Å². The second-order valence-electron chi connectivity index (χ2n) is 3.67. The summed E-state index contributed by atoms with van der Waals surface area (Å²) in [5, 5.41) is 0. The monoisotopic (exact) mass is 226 g/mol. The molecule has 0 aromatic heterocycles. The van der Waals surface area contributed by atoms with E-state index in [1.54, 1.807) is 6.07 Å². The Bertz CT molecular complexity index is 378. The molecule has 0 spiro atoms. The molecule has 3 nitrogen and oxygen atoms in total. The lowest BCUT2D eigenvalue weighted by atomic mass is 10.2. The highest BCUT2D eigenvalue weighted by atomic mass is 32.1. The van der Waals surface area contributed by atoms with E-state index < -0.39 is 0 Å². The molecule has 0 radical (unpaired) electrons. The summed E-state index contributed by atoms with van der Waals surface area (Å²) in [6, 6.07) is 1.78. The molecule has 1 aromatic rings. The van der Waals surface area contributed by atoms with Crippen molar-refractivity contribution < 1.29 is 0 Å². The van der Waals surface area contributed by atoms with Gasteiger partial charge in [0.25, 0.3) is 0 Å². The fraction of sp³-hybridized carbons (Fsp3) is 0.636. The summed E-state index contributed by atoms with van der Waals surface area (Å²) >= 11 is 4.82. The predicted octanol–water partition coefficient (Wildman–Crippen LogP) is 1.43. The molecule has 0 aliphatic heterocycles. The van der Waals surface area contributed by atoms with Gasteiger partial charge >= 0.3 is 0 Å². The normalized spacial score (nSPS) is 11.2. The molecule has 84 valence electrons. The van der Waals surface area contributed by atoms with E-state index in [0.717, 1.165) is 31.9 Å². The van der Waals surface area contributed by atoms with Crippen molar-refractivity contribution in [2.45, 2.75) is 13.8 Å². The van der Waals surface area contributed by atoms with Gasteiger partial charge in [0.05, 0.1) is 10.2 Å². The minimum Gasteiger partial charge on any atom is -0.370 e. The highest BCUT2D eigenvalue weighted by Gasteiger charge is 2.11. The molecule has 0 saturated carbocycles. The highest BCUT2D eigenvalue weighted by Crippen LogP contribution is 2.09. The van der Waals surface area contributed by atoms with Gasteiger partial charge in [-0.2, -0.15) is 0 Å². The summed E-state index contributed by atoms with van der Waals surface area (Å²) in [4.78, 5) is 15.6. The van der Waals surface area contributed by atoms with E-state index in [-0.39, 0.29) is 5.43 Å². The highest BCUT2D eigenvalue weighted by molar-refractivity contribution is 7.71. The van der Waals surface area contributed by atoms with Gasteiger partial charge in [-0.15, -0.1) is 0 Å². The first-order valence-electron chi connectivity index (χ1n) is 5.34. The molecule has 1 aromatic carbocycles. The third-order valence-corrected chi connectivity index (χ3v) is 3.08. The Labute approximate surface area is 96.0 Å². The van der Waals surface area contributed by atoms with Crippen LogP contribution < -0.4 is 10.3 Å². The molecular formula is C11H18N2OS. The fourth-order valence-corrected chi connectivity index (χ4v) is 1.76. The van der Waals surface area contributed by atoms with E-state index in [2.05, 4.69) is 18.7 Å². The number of anilines is 1. The lowest BCUT2D eigenvalue weighted by Crippen LogP contribution is -2.35. The second kappa shape index (κ2) is 5.37. The Hall–Kier alpha value is -0.740. The molecule has 1 rings (SSSR count). The molecule has 0 fully saturated rings. The van der Waals surface area contributed by atoms with Crippen molar-refractivity contribution >= 4 is 17.9 Å². The third kappa shape index (κ3) is 2.86. The zero-order valence-corrected chi connectivity index (χ0v) is 10.4. The van der Waals surface area contributed by atoms with Crippen LogP contribution in [0.4, 0.5) is 5.69 Å². The number of nitrogens with zero attached hydrogens (tertiary/aromatic N) is 2. The van der Waals surface area contributed by atoms with E-state index in [9.17, 15) is 4.79 Å². The fourth-order valence-electron chi connectivity index (χ4n) is 1.54. The molecule has 15 heavy (non-hydrogen) atoms. The molecule has 0 heterocycles. The van der Waals surface area contributed by atoms with Gasteiger partial charge in [-0.1, -0.05) is 26.1 Å². The molecule has 0 bridgehead atoms. The zero-order valence-electron chi connectivity index (χ0n) is 9.62. The van der Waals surface area contributed by atoms with E-state index in [0.29, 0.717) is 4.51 Å². The van der Waals surface area contributed by atoms with Gasteiger partial charge in [-0.3, -0.25) is 4.79 Å². The van der Waals surface area contributed by atoms with Gasteiger partial charge in [0, 0.05) is 20.1 Å². The Kier molecular flexibility index (Phi) is 4.42. The van der Waals surface area contributed by atoms with Crippen LogP contribution in [0.2, 0.25) is 0 Å². The summed E-state index contributed by atoms with van der Waals surface area (Å²) in [6.07, 6.45) is 0. The van der Waals surface area contributed by atoms with E-state index in [4.69, 9.17) is 12.2 Å². The van der Waals surface area contributed by atoms with Crippen LogP contribution in [0, 0.1) is 4.51 Å². The Morgan fingerprint density at radius 2 is 1.87 bits per heavy atom. The maximum Gasteiger partial charge on any atom is 0.219 e. The summed E-state index contributed by atoms with van der Waals surface area (Å²) in [5.74, 6) is 0. The van der Waals surface area contributed by atoms with Crippen LogP contribution in [0.5, 0.6) is 0 Å². The van der Waals surface area contributed by atoms with Crippen molar-refractivity contribution in [1.29, 1.82) is 0 Å². The van der Waals surface area contributed by atoms with E-state index in [1.165, 1.54) is 0 Å². The largest absolute Gasteiger partial charge is 0.370 e. The van der Waals surface area contributed by atoms with Crippen molar-refractivity contribution in [2.24, 2.45) is 0 Å². The summed E-state index contributed by atoms with van der Waals surface area (Å²) < 4.78 is 0.458. The van der Waals surface area contributed by atoms with Gasteiger partial charge in [0.15, 0.2) is 0 Å². The Balaban J connectivity index is 2.44. The minimum absolute atomic E-state index is 0.0204. The van der Waals surface area contributed by atoms with Crippen molar-refractivity contribution in [3.8, 4) is 0 Å². The van der Waals surface area contributed by atoms with Gasteiger partial charge in [-0.05, 0) is 19.2 Å². The average molecular weight is 226 g/mol. The second-order valence-corrected chi connectivity index (χ2v) is 4.11. The molecule has 0 unspecified atom stereocenters. The molecule has 0 aliphatic rings. The molecule has 0 N–H and O–H groups in total. The average Bonchev–Trinajstić information content (AvgIpc) is 2.26. The number of rotatable bonds is 6. The molecular weight excluding hydrogens is 208 g/mol. The first-order valence-corrected chi connectivity index (χ1v) is 5.74. The van der Waals surface area contributed by atoms with Crippen LogP contribution in [0.25, 0.3) is 0 Å². The van der Waals surface area contributed by atoms with Crippen LogP contribution in [0.3, 0.4) is 0 Å². The maximum atomic E-state index is 11.3. The predicted molar refractivity (Wildman–Crippen MR) is 67.0 cm³/mol. The van der Waals surface area contributed by atoms with E-state index in [1.807, 2.05) is 11.9 Å². The molecule has 0 saturated heterocycles. The van der Waals surface area contributed by atoms with Gasteiger partial charge < -0.3 is 9.80 Å². The molecule has 0 aliphatic carbocycles. The first kappa shape index (κ1) is 12.3. The first-order chi connectivity index (χ1) is 7.10. The van der Waals surface area contributed by atoms with Gasteiger partial charge in [-0.25, -0.2) is 0 Å². The number of hydrogen-bond donors (Lipinski definition) is 0. The maximum absolute atomic E-state index is 11.3. The van der Waals surface area contributed by atoms with Crippen molar-refractivity contribution in [1.82, 2.24) is 4.90 Å². The molecule has 0 atom stereocenters. The standard InChI is InChI=1S/C11H18N2OS/c1-4-13(5-2)7-6-12(3)9-8-10(15)11(9)14/h8H,4-7H2,1-3H3. The van der Waals surface area contributed by atoms with Crippen LogP contribution in [0.15, 0.2) is 10.9 Å². The van der Waals surface area contributed by atoms with E-state index >= 15 is 0 Å². The van der Waals surface area contributed by atoms with Crippen LogP contribution >= 0.6 is 12.2 Å².